The van der Waals surface area contributed by atoms with Gasteiger partial charge in [-0.1, -0.05) is 18.2 Å². The van der Waals surface area contributed by atoms with Crippen molar-refractivity contribution in [3.8, 4) is 0 Å². The van der Waals surface area contributed by atoms with Crippen molar-refractivity contribution in [2.45, 2.75) is 38.0 Å². The van der Waals surface area contributed by atoms with Gasteiger partial charge in [-0.25, -0.2) is 15.0 Å². The molecule has 3 atom stereocenters. The predicted octanol–water partition coefficient (Wildman–Crippen LogP) is 2.44. The molecule has 3 aliphatic heterocycles. The van der Waals surface area contributed by atoms with E-state index in [0.717, 1.165) is 39.0 Å². The highest BCUT2D eigenvalue weighted by Crippen LogP contribution is 2.38. The lowest BCUT2D eigenvalue weighted by Crippen LogP contribution is -2.34. The van der Waals surface area contributed by atoms with E-state index in [9.17, 15) is 4.79 Å². The number of imidazole rings is 1. The molecule has 3 aliphatic rings. The molecule has 1 aromatic carbocycles. The Morgan fingerprint density at radius 3 is 2.94 bits per heavy atom. The molecule has 2 aromatic heterocycles. The smallest absolute Gasteiger partial charge is 0.256 e. The van der Waals surface area contributed by atoms with E-state index in [1.807, 2.05) is 22.8 Å². The normalized spacial score (nSPS) is 27.6. The van der Waals surface area contributed by atoms with E-state index in [2.05, 4.69) is 30.5 Å². The van der Waals surface area contributed by atoms with Crippen LogP contribution in [0.2, 0.25) is 0 Å². The van der Waals surface area contributed by atoms with Crippen LogP contribution in [-0.4, -0.2) is 69.2 Å². The van der Waals surface area contributed by atoms with Crippen molar-refractivity contribution in [3.63, 3.8) is 0 Å². The van der Waals surface area contributed by atoms with Gasteiger partial charge in [-0.3, -0.25) is 9.36 Å². The van der Waals surface area contributed by atoms with Crippen molar-refractivity contribution in [3.05, 3.63) is 48.5 Å². The minimum Gasteiger partial charge on any atom is -0.353 e. The second kappa shape index (κ2) is 8.48. The molecular formula is C24H29N7O2. The van der Waals surface area contributed by atoms with Gasteiger partial charge >= 0.3 is 0 Å². The molecule has 3 aromatic rings. The standard InChI is InChI=1S/C24H29N7O2/c32-23(17-4-2-1-3-5-17)29-21-20-22(27-15-26-21)31(16-28-20)19-7-6-18(33-19)12-30-11-9-24(14-30)8-10-25-13-24/h1-5,15-16,18-19,25H,6-14H2,(H,26,27,29,32). The molecule has 0 radical (unpaired) electrons. The quantitative estimate of drug-likeness (QED) is 0.620. The highest BCUT2D eigenvalue weighted by atomic mass is 16.5. The average molecular weight is 448 g/mol. The molecule has 6 rings (SSSR count). The molecule has 0 aliphatic carbocycles. The number of carbonyl (C=O) groups excluding carboxylic acids is 1. The summed E-state index contributed by atoms with van der Waals surface area (Å²) in [4.78, 5) is 28.4. The average Bonchev–Trinajstić information content (AvgIpc) is 3.63. The summed E-state index contributed by atoms with van der Waals surface area (Å²) in [5.74, 6) is 0.192. The number of fused-ring (bicyclic) bond motifs is 1. The van der Waals surface area contributed by atoms with E-state index >= 15 is 0 Å². The lowest BCUT2D eigenvalue weighted by molar-refractivity contribution is -0.00981. The molecule has 3 fully saturated rings. The van der Waals surface area contributed by atoms with E-state index in [4.69, 9.17) is 4.74 Å². The summed E-state index contributed by atoms with van der Waals surface area (Å²) in [5, 5.41) is 6.40. The molecule has 0 saturated carbocycles. The zero-order chi connectivity index (χ0) is 22.3. The number of aromatic nitrogens is 4. The Morgan fingerprint density at radius 2 is 2.09 bits per heavy atom. The molecule has 1 amide bonds. The van der Waals surface area contributed by atoms with E-state index < -0.39 is 0 Å². The summed E-state index contributed by atoms with van der Waals surface area (Å²) >= 11 is 0. The number of benzene rings is 1. The monoisotopic (exact) mass is 447 g/mol. The molecule has 1 spiro atoms. The molecule has 9 nitrogen and oxygen atoms in total. The summed E-state index contributed by atoms with van der Waals surface area (Å²) in [6, 6.07) is 9.08. The fourth-order valence-electron chi connectivity index (χ4n) is 5.56. The number of carbonyl (C=O) groups is 1. The van der Waals surface area contributed by atoms with Gasteiger partial charge in [0.25, 0.3) is 5.91 Å². The summed E-state index contributed by atoms with van der Waals surface area (Å²) in [6.45, 7) is 5.63. The van der Waals surface area contributed by atoms with Crippen LogP contribution >= 0.6 is 0 Å². The Kier molecular flexibility index (Phi) is 5.32. The van der Waals surface area contributed by atoms with Crippen LogP contribution in [0, 0.1) is 5.41 Å². The lowest BCUT2D eigenvalue weighted by Gasteiger charge is -2.25. The predicted molar refractivity (Wildman–Crippen MR) is 124 cm³/mol. The van der Waals surface area contributed by atoms with Crippen LogP contribution in [0.4, 0.5) is 5.82 Å². The van der Waals surface area contributed by atoms with Crippen LogP contribution in [0.1, 0.15) is 42.3 Å². The Labute approximate surface area is 192 Å². The van der Waals surface area contributed by atoms with Gasteiger partial charge in [0.05, 0.1) is 12.4 Å². The Hall–Kier alpha value is -2.88. The number of hydrogen-bond acceptors (Lipinski definition) is 7. The molecule has 5 heterocycles. The van der Waals surface area contributed by atoms with Crippen LogP contribution in [0.25, 0.3) is 11.2 Å². The summed E-state index contributed by atoms with van der Waals surface area (Å²) < 4.78 is 8.41. The molecule has 172 valence electrons. The second-order valence-electron chi connectivity index (χ2n) is 9.57. The van der Waals surface area contributed by atoms with Gasteiger partial charge < -0.3 is 20.3 Å². The maximum Gasteiger partial charge on any atom is 0.256 e. The molecule has 2 N–H and O–H groups in total. The SMILES string of the molecule is O=C(Nc1ncnc2c1ncn2C1CCC(CN2CCC3(CCNC3)C2)O1)c1ccccc1. The van der Waals surface area contributed by atoms with Crippen LogP contribution < -0.4 is 10.6 Å². The van der Waals surface area contributed by atoms with Gasteiger partial charge in [0.2, 0.25) is 0 Å². The van der Waals surface area contributed by atoms with Crippen molar-refractivity contribution < 1.29 is 9.53 Å². The van der Waals surface area contributed by atoms with Gasteiger partial charge in [0, 0.05) is 25.2 Å². The van der Waals surface area contributed by atoms with Crippen LogP contribution in [0.15, 0.2) is 43.0 Å². The van der Waals surface area contributed by atoms with Gasteiger partial charge in [-0.2, -0.15) is 0 Å². The first kappa shape index (κ1) is 20.7. The molecule has 0 bridgehead atoms. The van der Waals surface area contributed by atoms with Crippen LogP contribution in [0.5, 0.6) is 0 Å². The van der Waals surface area contributed by atoms with Crippen molar-refractivity contribution in [1.29, 1.82) is 0 Å². The number of anilines is 1. The summed E-state index contributed by atoms with van der Waals surface area (Å²) in [7, 11) is 0. The Morgan fingerprint density at radius 1 is 1.18 bits per heavy atom. The summed E-state index contributed by atoms with van der Waals surface area (Å²) in [6.07, 6.45) is 7.86. The van der Waals surface area contributed by atoms with Gasteiger partial charge in [0.1, 0.15) is 12.6 Å². The van der Waals surface area contributed by atoms with Crippen molar-refractivity contribution in [2.75, 3.05) is 38.0 Å². The van der Waals surface area contributed by atoms with Gasteiger partial charge in [-0.15, -0.1) is 0 Å². The first-order valence-electron chi connectivity index (χ1n) is 11.8. The Balaban J connectivity index is 1.13. The number of likely N-dealkylation sites (tertiary alicyclic amines) is 1. The third-order valence-corrected chi connectivity index (χ3v) is 7.33. The first-order valence-corrected chi connectivity index (χ1v) is 11.8. The van der Waals surface area contributed by atoms with Crippen LogP contribution in [0.3, 0.4) is 0 Å². The number of ether oxygens (including phenoxy) is 1. The van der Waals surface area contributed by atoms with Gasteiger partial charge in [0.15, 0.2) is 17.0 Å². The minimum atomic E-state index is -0.219. The highest BCUT2D eigenvalue weighted by Gasteiger charge is 2.41. The minimum absolute atomic E-state index is 0.0997. The van der Waals surface area contributed by atoms with Crippen molar-refractivity contribution >= 4 is 22.9 Å². The fraction of sp³-hybridized carbons (Fsp3) is 0.500. The maximum atomic E-state index is 12.6. The molecule has 3 unspecified atom stereocenters. The third-order valence-electron chi connectivity index (χ3n) is 7.33. The topological polar surface area (TPSA) is 97.2 Å². The lowest BCUT2D eigenvalue weighted by atomic mass is 9.87. The van der Waals surface area contributed by atoms with E-state index in [-0.39, 0.29) is 18.2 Å². The molecule has 9 heteroatoms. The van der Waals surface area contributed by atoms with Gasteiger partial charge in [-0.05, 0) is 56.3 Å². The maximum absolute atomic E-state index is 12.6. The molecule has 3 saturated heterocycles. The Bertz CT molecular complexity index is 1140. The fourth-order valence-corrected chi connectivity index (χ4v) is 5.56. The third kappa shape index (κ3) is 4.01. The van der Waals surface area contributed by atoms with E-state index in [0.29, 0.717) is 28.0 Å². The number of nitrogens with one attached hydrogen (secondary N) is 2. The van der Waals surface area contributed by atoms with E-state index in [1.54, 1.807) is 18.5 Å². The van der Waals surface area contributed by atoms with E-state index in [1.165, 1.54) is 25.7 Å². The molecular weight excluding hydrogens is 418 g/mol. The zero-order valence-corrected chi connectivity index (χ0v) is 18.6. The van der Waals surface area contributed by atoms with Crippen molar-refractivity contribution in [1.82, 2.24) is 29.7 Å². The zero-order valence-electron chi connectivity index (χ0n) is 18.6. The highest BCUT2D eigenvalue weighted by molar-refractivity contribution is 6.06. The molecule has 33 heavy (non-hydrogen) atoms. The second-order valence-corrected chi connectivity index (χ2v) is 9.57. The summed E-state index contributed by atoms with van der Waals surface area (Å²) in [5.41, 5.74) is 2.30. The largest absolute Gasteiger partial charge is 0.353 e. The number of nitrogens with zero attached hydrogens (tertiary/aromatic N) is 5. The van der Waals surface area contributed by atoms with Crippen LogP contribution in [-0.2, 0) is 4.74 Å². The van der Waals surface area contributed by atoms with Crippen molar-refractivity contribution in [2.24, 2.45) is 5.41 Å². The number of amides is 1. The number of rotatable bonds is 5. The first-order chi connectivity index (χ1) is 16.2. The number of hydrogen-bond donors (Lipinski definition) is 2.